The lowest BCUT2D eigenvalue weighted by atomic mass is 9.85. The number of rotatable bonds is 8. The summed E-state index contributed by atoms with van der Waals surface area (Å²) < 4.78 is 11.8. The molecule has 0 radical (unpaired) electrons. The van der Waals surface area contributed by atoms with E-state index in [9.17, 15) is 0 Å². The van der Waals surface area contributed by atoms with Crippen LogP contribution in [0.15, 0.2) is 84.9 Å². The molecule has 1 aliphatic rings. The van der Waals surface area contributed by atoms with Gasteiger partial charge in [-0.05, 0) is 60.5 Å². The van der Waals surface area contributed by atoms with Gasteiger partial charge in [-0.1, -0.05) is 72.8 Å². The van der Waals surface area contributed by atoms with Crippen LogP contribution in [0, 0.1) is 0 Å². The van der Waals surface area contributed by atoms with Crippen molar-refractivity contribution in [2.45, 2.75) is 37.3 Å². The quantitative estimate of drug-likeness (QED) is 0.523. The molecule has 30 heavy (non-hydrogen) atoms. The highest BCUT2D eigenvalue weighted by molar-refractivity contribution is 5.31. The van der Waals surface area contributed by atoms with E-state index in [4.69, 9.17) is 9.47 Å². The lowest BCUT2D eigenvalue weighted by Gasteiger charge is -2.31. The number of nitrogens with one attached hydrogen (secondary N) is 1. The summed E-state index contributed by atoms with van der Waals surface area (Å²) in [6.07, 6.45) is 3.29. The van der Waals surface area contributed by atoms with Gasteiger partial charge in [0.1, 0.15) is 11.9 Å². The van der Waals surface area contributed by atoms with E-state index in [-0.39, 0.29) is 6.10 Å². The summed E-state index contributed by atoms with van der Waals surface area (Å²) in [5.41, 5.74) is 3.79. The summed E-state index contributed by atoms with van der Waals surface area (Å²) in [5.74, 6) is 1.52. The first-order valence-corrected chi connectivity index (χ1v) is 10.9. The zero-order chi connectivity index (χ0) is 20.6. The van der Waals surface area contributed by atoms with E-state index in [0.29, 0.717) is 12.0 Å². The first-order valence-electron chi connectivity index (χ1n) is 10.9. The van der Waals surface area contributed by atoms with Crippen molar-refractivity contribution in [2.24, 2.45) is 0 Å². The van der Waals surface area contributed by atoms with E-state index in [2.05, 4.69) is 84.2 Å². The topological polar surface area (TPSA) is 30.5 Å². The van der Waals surface area contributed by atoms with Crippen molar-refractivity contribution in [1.82, 2.24) is 5.32 Å². The normalized spacial score (nSPS) is 19.0. The molecule has 1 heterocycles. The molecule has 1 N–H and O–H groups in total. The highest BCUT2D eigenvalue weighted by atomic mass is 16.5. The van der Waals surface area contributed by atoms with Crippen LogP contribution in [0.1, 0.15) is 48.0 Å². The Morgan fingerprint density at radius 1 is 0.900 bits per heavy atom. The van der Waals surface area contributed by atoms with E-state index < -0.39 is 0 Å². The first-order chi connectivity index (χ1) is 14.8. The van der Waals surface area contributed by atoms with Gasteiger partial charge in [0.25, 0.3) is 0 Å². The van der Waals surface area contributed by atoms with Gasteiger partial charge in [0.05, 0.1) is 7.11 Å². The highest BCUT2D eigenvalue weighted by Gasteiger charge is 2.23. The molecule has 1 saturated heterocycles. The Bertz CT molecular complexity index is 858. The van der Waals surface area contributed by atoms with Gasteiger partial charge in [0.15, 0.2) is 0 Å². The van der Waals surface area contributed by atoms with E-state index >= 15 is 0 Å². The van der Waals surface area contributed by atoms with Gasteiger partial charge in [0.2, 0.25) is 0 Å². The Labute approximate surface area is 180 Å². The fraction of sp³-hybridized carbons (Fsp3) is 0.333. The number of ether oxygens (including phenoxy) is 2. The predicted molar refractivity (Wildman–Crippen MR) is 122 cm³/mol. The van der Waals surface area contributed by atoms with Gasteiger partial charge in [-0.15, -0.1) is 0 Å². The van der Waals surface area contributed by atoms with Gasteiger partial charge < -0.3 is 14.8 Å². The minimum atomic E-state index is -0.0230. The van der Waals surface area contributed by atoms with Crippen LogP contribution in [-0.2, 0) is 4.74 Å². The lowest BCUT2D eigenvalue weighted by molar-refractivity contribution is 0.0700. The maximum absolute atomic E-state index is 6.43. The Hall–Kier alpha value is -2.62. The molecule has 4 rings (SSSR count). The molecule has 0 aliphatic carbocycles. The van der Waals surface area contributed by atoms with E-state index in [1.807, 2.05) is 6.07 Å². The molecule has 3 aromatic rings. The van der Waals surface area contributed by atoms with E-state index in [1.165, 1.54) is 23.1 Å². The van der Waals surface area contributed by atoms with E-state index in [1.54, 1.807) is 7.11 Å². The summed E-state index contributed by atoms with van der Waals surface area (Å²) in [4.78, 5) is 0. The molecule has 0 saturated carbocycles. The summed E-state index contributed by atoms with van der Waals surface area (Å²) in [6.45, 7) is 1.78. The summed E-state index contributed by atoms with van der Waals surface area (Å²) >= 11 is 0. The van der Waals surface area contributed by atoms with E-state index in [0.717, 1.165) is 31.7 Å². The monoisotopic (exact) mass is 401 g/mol. The third-order valence-corrected chi connectivity index (χ3v) is 6.02. The third kappa shape index (κ3) is 5.29. The van der Waals surface area contributed by atoms with Crippen molar-refractivity contribution in [3.63, 3.8) is 0 Å². The van der Waals surface area contributed by atoms with Gasteiger partial charge in [-0.3, -0.25) is 0 Å². The van der Waals surface area contributed by atoms with Gasteiger partial charge in [-0.25, -0.2) is 0 Å². The Morgan fingerprint density at radius 2 is 1.60 bits per heavy atom. The molecule has 0 bridgehead atoms. The zero-order valence-corrected chi connectivity index (χ0v) is 17.7. The van der Waals surface area contributed by atoms with Crippen molar-refractivity contribution in [3.05, 3.63) is 102 Å². The van der Waals surface area contributed by atoms with Gasteiger partial charge in [0, 0.05) is 12.6 Å². The number of benzene rings is 3. The maximum atomic E-state index is 6.43. The third-order valence-electron chi connectivity index (χ3n) is 6.02. The molecule has 3 aromatic carbocycles. The minimum absolute atomic E-state index is 0.0230. The second kappa shape index (κ2) is 10.4. The number of hydrogen-bond donors (Lipinski definition) is 1. The molecule has 0 aromatic heterocycles. The highest BCUT2D eigenvalue weighted by Crippen LogP contribution is 2.31. The second-order valence-electron chi connectivity index (χ2n) is 8.01. The van der Waals surface area contributed by atoms with Gasteiger partial charge >= 0.3 is 0 Å². The van der Waals surface area contributed by atoms with Crippen molar-refractivity contribution >= 4 is 0 Å². The van der Waals surface area contributed by atoms with Crippen LogP contribution >= 0.6 is 0 Å². The number of piperidine rings is 1. The second-order valence-corrected chi connectivity index (χ2v) is 8.01. The Morgan fingerprint density at radius 3 is 2.27 bits per heavy atom. The van der Waals surface area contributed by atoms with Crippen LogP contribution in [0.4, 0.5) is 0 Å². The van der Waals surface area contributed by atoms with Crippen molar-refractivity contribution in [3.8, 4) is 5.75 Å². The minimum Gasteiger partial charge on any atom is -0.497 e. The predicted octanol–water partition coefficient (Wildman–Crippen LogP) is 5.73. The van der Waals surface area contributed by atoms with Crippen LogP contribution in [0.3, 0.4) is 0 Å². The van der Waals surface area contributed by atoms with Crippen LogP contribution in [0.25, 0.3) is 0 Å². The average Bonchev–Trinajstić information content (AvgIpc) is 2.83. The van der Waals surface area contributed by atoms with Gasteiger partial charge in [-0.2, -0.15) is 0 Å². The molecule has 0 amide bonds. The molecule has 2 unspecified atom stereocenters. The first kappa shape index (κ1) is 20.6. The SMILES string of the molecule is COc1cccc(C2CCNC(CCOC(c3ccccc3)c3ccccc3)C2)c1. The molecule has 0 spiro atoms. The average molecular weight is 402 g/mol. The fourth-order valence-corrected chi connectivity index (χ4v) is 4.39. The summed E-state index contributed by atoms with van der Waals surface area (Å²) in [6, 6.07) is 30.0. The smallest absolute Gasteiger partial charge is 0.119 e. The molecule has 3 heteroatoms. The zero-order valence-electron chi connectivity index (χ0n) is 17.7. The number of hydrogen-bond acceptors (Lipinski definition) is 3. The standard InChI is InChI=1S/C27H31NO2/c1-29-26-14-8-13-23(20-26)24-15-17-28-25(19-24)16-18-30-27(21-9-4-2-5-10-21)22-11-6-3-7-12-22/h2-14,20,24-25,27-28H,15-19H2,1H3. The van der Waals surface area contributed by atoms with Crippen molar-refractivity contribution < 1.29 is 9.47 Å². The van der Waals surface area contributed by atoms with Crippen LogP contribution in [-0.4, -0.2) is 26.3 Å². The van der Waals surface area contributed by atoms with Crippen molar-refractivity contribution in [1.29, 1.82) is 0 Å². The molecule has 1 aliphatic heterocycles. The molecule has 2 atom stereocenters. The van der Waals surface area contributed by atoms with Crippen LogP contribution in [0.5, 0.6) is 5.75 Å². The Balaban J connectivity index is 1.37. The van der Waals surface area contributed by atoms with Crippen LogP contribution in [0.2, 0.25) is 0 Å². The fourth-order valence-electron chi connectivity index (χ4n) is 4.39. The molecule has 156 valence electrons. The molecular formula is C27H31NO2. The summed E-state index contributed by atoms with van der Waals surface area (Å²) in [5, 5.41) is 3.69. The maximum Gasteiger partial charge on any atom is 0.119 e. The van der Waals surface area contributed by atoms with Crippen molar-refractivity contribution in [2.75, 3.05) is 20.3 Å². The summed E-state index contributed by atoms with van der Waals surface area (Å²) in [7, 11) is 1.73. The molecule has 1 fully saturated rings. The Kier molecular flexibility index (Phi) is 7.17. The molecule has 3 nitrogen and oxygen atoms in total. The largest absolute Gasteiger partial charge is 0.497 e. The molecular weight excluding hydrogens is 370 g/mol. The number of methoxy groups -OCH3 is 1. The van der Waals surface area contributed by atoms with Crippen LogP contribution < -0.4 is 10.1 Å². The lowest BCUT2D eigenvalue weighted by Crippen LogP contribution is -2.38.